The minimum Gasteiger partial charge on any atom is -0.543 e. The fraction of sp³-hybridized carbons (Fsp3) is 0.500. The topological polar surface area (TPSA) is 35.2 Å². The molecule has 1 aromatic carbocycles. The molecule has 0 fully saturated rings. The van der Waals surface area contributed by atoms with E-state index in [2.05, 4.69) is 65.7 Å². The molecular formula is C12H19Br2NOSi. The average Bonchev–Trinajstić information content (AvgIpc) is 2.12. The third kappa shape index (κ3) is 3.48. The molecule has 0 atom stereocenters. The van der Waals surface area contributed by atoms with E-state index in [9.17, 15) is 0 Å². The lowest BCUT2D eigenvalue weighted by molar-refractivity contribution is 0.490. The van der Waals surface area contributed by atoms with Crippen LogP contribution in [-0.2, 0) is 0 Å². The van der Waals surface area contributed by atoms with Crippen molar-refractivity contribution in [2.24, 2.45) is 0 Å². The predicted molar refractivity (Wildman–Crippen MR) is 84.1 cm³/mol. The van der Waals surface area contributed by atoms with Crippen molar-refractivity contribution in [1.82, 2.24) is 0 Å². The second-order valence-corrected chi connectivity index (χ2v) is 12.1. The summed E-state index contributed by atoms with van der Waals surface area (Å²) in [5.74, 6) is 0.831. The van der Waals surface area contributed by atoms with Gasteiger partial charge in [0.05, 0.1) is 4.47 Å². The SMILES string of the molecule is CC(C)(C)[Si](C)(C)Oc1cc(N)c(Br)cc1Br. The Kier molecular flexibility index (Phi) is 4.37. The predicted octanol–water partition coefficient (Wildman–Crippen LogP) is 5.18. The second kappa shape index (κ2) is 4.94. The summed E-state index contributed by atoms with van der Waals surface area (Å²) in [4.78, 5) is 0. The first-order valence-corrected chi connectivity index (χ1v) is 9.97. The lowest BCUT2D eigenvalue weighted by Crippen LogP contribution is -2.43. The van der Waals surface area contributed by atoms with Crippen LogP contribution >= 0.6 is 31.9 Å². The first-order valence-electron chi connectivity index (χ1n) is 5.48. The molecule has 1 rings (SSSR count). The Hall–Kier alpha value is -0.00312. The molecule has 2 nitrogen and oxygen atoms in total. The number of hydrogen-bond donors (Lipinski definition) is 1. The molecule has 2 N–H and O–H groups in total. The highest BCUT2D eigenvalue weighted by molar-refractivity contribution is 9.11. The Bertz CT molecular complexity index is 427. The first-order chi connectivity index (χ1) is 7.54. The van der Waals surface area contributed by atoms with Gasteiger partial charge >= 0.3 is 0 Å². The Morgan fingerprint density at radius 3 is 2.12 bits per heavy atom. The van der Waals surface area contributed by atoms with Gasteiger partial charge in [-0.05, 0) is 56.1 Å². The summed E-state index contributed by atoms with van der Waals surface area (Å²) in [5, 5.41) is 0.175. The van der Waals surface area contributed by atoms with Crippen LogP contribution in [0, 0.1) is 0 Å². The highest BCUT2D eigenvalue weighted by atomic mass is 79.9. The van der Waals surface area contributed by atoms with Gasteiger partial charge in [0.25, 0.3) is 8.32 Å². The van der Waals surface area contributed by atoms with E-state index in [-0.39, 0.29) is 5.04 Å². The monoisotopic (exact) mass is 379 g/mol. The van der Waals surface area contributed by atoms with Crippen molar-refractivity contribution in [3.63, 3.8) is 0 Å². The normalized spacial score (nSPS) is 12.6. The van der Waals surface area contributed by atoms with Gasteiger partial charge in [0.2, 0.25) is 0 Å². The average molecular weight is 381 g/mol. The summed E-state index contributed by atoms with van der Waals surface area (Å²) in [6.07, 6.45) is 0. The number of halogens is 2. The van der Waals surface area contributed by atoms with Gasteiger partial charge in [-0.2, -0.15) is 0 Å². The molecule has 0 amide bonds. The van der Waals surface area contributed by atoms with Gasteiger partial charge in [-0.3, -0.25) is 0 Å². The fourth-order valence-corrected chi connectivity index (χ4v) is 3.30. The van der Waals surface area contributed by atoms with E-state index in [1.54, 1.807) is 0 Å². The lowest BCUT2D eigenvalue weighted by Gasteiger charge is -2.36. The van der Waals surface area contributed by atoms with Crippen molar-refractivity contribution in [2.45, 2.75) is 38.9 Å². The van der Waals surface area contributed by atoms with Gasteiger partial charge in [0.1, 0.15) is 5.75 Å². The molecule has 0 unspecified atom stereocenters. The van der Waals surface area contributed by atoms with Crippen molar-refractivity contribution in [1.29, 1.82) is 0 Å². The Labute approximate surface area is 121 Å². The molecule has 5 heteroatoms. The highest BCUT2D eigenvalue weighted by Gasteiger charge is 2.39. The van der Waals surface area contributed by atoms with Gasteiger partial charge in [0.15, 0.2) is 0 Å². The van der Waals surface area contributed by atoms with Gasteiger partial charge in [0, 0.05) is 16.2 Å². The van der Waals surface area contributed by atoms with Crippen molar-refractivity contribution in [2.75, 3.05) is 5.73 Å². The zero-order valence-corrected chi connectivity index (χ0v) is 15.1. The molecule has 17 heavy (non-hydrogen) atoms. The quantitative estimate of drug-likeness (QED) is 0.566. The Morgan fingerprint density at radius 2 is 1.65 bits per heavy atom. The molecule has 96 valence electrons. The largest absolute Gasteiger partial charge is 0.543 e. The molecule has 0 aliphatic heterocycles. The highest BCUT2D eigenvalue weighted by Crippen LogP contribution is 2.41. The van der Waals surface area contributed by atoms with Crippen LogP contribution < -0.4 is 10.2 Å². The summed E-state index contributed by atoms with van der Waals surface area (Å²) in [7, 11) is -1.82. The number of nitrogen functional groups attached to an aromatic ring is 1. The smallest absolute Gasteiger partial charge is 0.250 e. The molecule has 0 aromatic heterocycles. The number of hydrogen-bond acceptors (Lipinski definition) is 2. The van der Waals surface area contributed by atoms with E-state index < -0.39 is 8.32 Å². The molecule has 0 saturated heterocycles. The second-order valence-electron chi connectivity index (χ2n) is 5.67. The van der Waals surface area contributed by atoms with Crippen molar-refractivity contribution in [3.05, 3.63) is 21.1 Å². The zero-order valence-electron chi connectivity index (χ0n) is 10.9. The van der Waals surface area contributed by atoms with Crippen LogP contribution in [0.2, 0.25) is 18.1 Å². The summed E-state index contributed by atoms with van der Waals surface area (Å²) < 4.78 is 8.04. The van der Waals surface area contributed by atoms with Crippen LogP contribution in [0.5, 0.6) is 5.75 Å². The molecule has 0 aliphatic carbocycles. The summed E-state index contributed by atoms with van der Waals surface area (Å²) in [6, 6.07) is 3.80. The molecule has 0 saturated carbocycles. The van der Waals surface area contributed by atoms with Crippen molar-refractivity contribution in [3.8, 4) is 5.75 Å². The van der Waals surface area contributed by atoms with Gasteiger partial charge in [-0.1, -0.05) is 20.8 Å². The molecule has 1 aromatic rings. The molecule has 0 aliphatic rings. The van der Waals surface area contributed by atoms with E-state index in [0.717, 1.165) is 14.7 Å². The number of anilines is 1. The maximum atomic E-state index is 6.22. The van der Waals surface area contributed by atoms with Crippen LogP contribution in [-0.4, -0.2) is 8.32 Å². The Balaban J connectivity index is 3.08. The minimum absolute atomic E-state index is 0.175. The van der Waals surface area contributed by atoms with Crippen LogP contribution in [0.4, 0.5) is 5.69 Å². The molecule has 0 radical (unpaired) electrons. The summed E-state index contributed by atoms with van der Waals surface area (Å²) >= 11 is 6.91. The van der Waals surface area contributed by atoms with Crippen molar-refractivity contribution < 1.29 is 4.43 Å². The van der Waals surface area contributed by atoms with Crippen molar-refractivity contribution >= 4 is 45.9 Å². The van der Waals surface area contributed by atoms with E-state index in [1.165, 1.54) is 0 Å². The maximum Gasteiger partial charge on any atom is 0.250 e. The zero-order chi connectivity index (χ0) is 13.4. The first kappa shape index (κ1) is 15.1. The lowest BCUT2D eigenvalue weighted by atomic mass is 10.2. The third-order valence-corrected chi connectivity index (χ3v) is 8.87. The summed E-state index contributed by atoms with van der Waals surface area (Å²) in [5.41, 5.74) is 6.58. The molecule has 0 heterocycles. The van der Waals surface area contributed by atoms with Gasteiger partial charge < -0.3 is 10.2 Å². The van der Waals surface area contributed by atoms with Gasteiger partial charge in [-0.15, -0.1) is 0 Å². The number of rotatable bonds is 2. The van der Waals surface area contributed by atoms with Crippen LogP contribution in [0.15, 0.2) is 21.1 Å². The molecular weight excluding hydrogens is 362 g/mol. The van der Waals surface area contributed by atoms with E-state index in [0.29, 0.717) is 5.69 Å². The van der Waals surface area contributed by atoms with Gasteiger partial charge in [-0.25, -0.2) is 0 Å². The summed E-state index contributed by atoms with van der Waals surface area (Å²) in [6.45, 7) is 11.1. The van der Waals surface area contributed by atoms with E-state index in [4.69, 9.17) is 10.2 Å². The third-order valence-electron chi connectivity index (χ3n) is 3.22. The van der Waals surface area contributed by atoms with Crippen LogP contribution in [0.25, 0.3) is 0 Å². The Morgan fingerprint density at radius 1 is 1.12 bits per heavy atom. The molecule has 0 spiro atoms. The standard InChI is InChI=1S/C12H19Br2NOSi/c1-12(2,3)17(4,5)16-11-7-10(15)8(13)6-9(11)14/h6-7H,15H2,1-5H3. The molecule has 0 bridgehead atoms. The van der Waals surface area contributed by atoms with Crippen LogP contribution in [0.1, 0.15) is 20.8 Å². The minimum atomic E-state index is -1.82. The van der Waals surface area contributed by atoms with E-state index in [1.807, 2.05) is 12.1 Å². The maximum absolute atomic E-state index is 6.22. The number of benzene rings is 1. The fourth-order valence-electron chi connectivity index (χ4n) is 1.05. The van der Waals surface area contributed by atoms with Crippen LogP contribution in [0.3, 0.4) is 0 Å². The van der Waals surface area contributed by atoms with E-state index >= 15 is 0 Å². The number of nitrogens with two attached hydrogens (primary N) is 1.